The largest absolute Gasteiger partial charge is 0.388 e. The number of aliphatic hydroxyl groups is 1. The van der Waals surface area contributed by atoms with Crippen molar-refractivity contribution in [2.24, 2.45) is 0 Å². The summed E-state index contributed by atoms with van der Waals surface area (Å²) < 4.78 is 13.5. The van der Waals surface area contributed by atoms with Crippen molar-refractivity contribution in [2.75, 3.05) is 0 Å². The van der Waals surface area contributed by atoms with Crippen LogP contribution < -0.4 is 0 Å². The van der Waals surface area contributed by atoms with E-state index >= 15 is 0 Å². The molecule has 2 aromatic carbocycles. The summed E-state index contributed by atoms with van der Waals surface area (Å²) in [4.78, 5) is 0. The van der Waals surface area contributed by atoms with Crippen molar-refractivity contribution in [2.45, 2.75) is 12.5 Å². The van der Waals surface area contributed by atoms with Crippen LogP contribution in [0.2, 0.25) is 0 Å². The molecule has 2 heteroatoms. The molecule has 0 fully saturated rings. The number of halogens is 1. The molecular weight excluding hydrogens is 203 g/mol. The fourth-order valence-corrected chi connectivity index (χ4v) is 1.86. The van der Waals surface area contributed by atoms with Crippen molar-refractivity contribution < 1.29 is 9.50 Å². The molecule has 0 aliphatic carbocycles. The molecule has 0 spiro atoms. The van der Waals surface area contributed by atoms with Crippen molar-refractivity contribution in [1.82, 2.24) is 0 Å². The molecule has 0 saturated heterocycles. The summed E-state index contributed by atoms with van der Waals surface area (Å²) in [5.74, 6) is -0.259. The SMILES string of the molecule is C=CCC(O)c1ccc(F)c2ccccc12. The van der Waals surface area contributed by atoms with Crippen LogP contribution in [0.25, 0.3) is 10.8 Å². The highest BCUT2D eigenvalue weighted by Crippen LogP contribution is 2.28. The lowest BCUT2D eigenvalue weighted by Gasteiger charge is -2.12. The molecule has 0 saturated carbocycles. The summed E-state index contributed by atoms with van der Waals surface area (Å²) in [5.41, 5.74) is 0.747. The van der Waals surface area contributed by atoms with Crippen molar-refractivity contribution in [1.29, 1.82) is 0 Å². The molecule has 0 aromatic heterocycles. The number of rotatable bonds is 3. The van der Waals surface area contributed by atoms with Gasteiger partial charge in [-0.1, -0.05) is 36.4 Å². The lowest BCUT2D eigenvalue weighted by atomic mass is 9.98. The van der Waals surface area contributed by atoms with Gasteiger partial charge in [-0.05, 0) is 23.4 Å². The second-order valence-electron chi connectivity index (χ2n) is 3.72. The second-order valence-corrected chi connectivity index (χ2v) is 3.72. The Labute approximate surface area is 93.8 Å². The van der Waals surface area contributed by atoms with Gasteiger partial charge in [0.15, 0.2) is 0 Å². The summed E-state index contributed by atoms with van der Waals surface area (Å²) >= 11 is 0. The Hall–Kier alpha value is -1.67. The van der Waals surface area contributed by atoms with Gasteiger partial charge in [0.1, 0.15) is 5.82 Å². The Kier molecular flexibility index (Phi) is 3.02. The summed E-state index contributed by atoms with van der Waals surface area (Å²) in [7, 11) is 0. The molecule has 2 aromatic rings. The minimum absolute atomic E-state index is 0.259. The number of benzene rings is 2. The summed E-state index contributed by atoms with van der Waals surface area (Å²) in [6.07, 6.45) is 1.50. The van der Waals surface area contributed by atoms with E-state index < -0.39 is 6.10 Å². The quantitative estimate of drug-likeness (QED) is 0.777. The molecule has 0 bridgehead atoms. The Bertz CT molecular complexity index is 519. The molecule has 0 heterocycles. The van der Waals surface area contributed by atoms with Gasteiger partial charge >= 0.3 is 0 Å². The van der Waals surface area contributed by atoms with E-state index in [0.717, 1.165) is 10.9 Å². The van der Waals surface area contributed by atoms with Crippen molar-refractivity contribution in [3.8, 4) is 0 Å². The van der Waals surface area contributed by atoms with Crippen LogP contribution in [0.4, 0.5) is 4.39 Å². The van der Waals surface area contributed by atoms with Crippen LogP contribution in [0.5, 0.6) is 0 Å². The molecular formula is C14H13FO. The van der Waals surface area contributed by atoms with Gasteiger partial charge in [0.2, 0.25) is 0 Å². The average molecular weight is 216 g/mol. The molecule has 2 rings (SSSR count). The maximum Gasteiger partial charge on any atom is 0.131 e. The second kappa shape index (κ2) is 4.45. The zero-order chi connectivity index (χ0) is 11.5. The van der Waals surface area contributed by atoms with Crippen molar-refractivity contribution in [3.63, 3.8) is 0 Å². The van der Waals surface area contributed by atoms with Gasteiger partial charge in [-0.3, -0.25) is 0 Å². The van der Waals surface area contributed by atoms with Crippen LogP contribution in [0.1, 0.15) is 18.1 Å². The number of hydrogen-bond acceptors (Lipinski definition) is 1. The Morgan fingerprint density at radius 1 is 1.19 bits per heavy atom. The minimum atomic E-state index is -0.622. The first kappa shape index (κ1) is 10.8. The van der Waals surface area contributed by atoms with Crippen LogP contribution in [0.3, 0.4) is 0 Å². The zero-order valence-electron chi connectivity index (χ0n) is 8.86. The molecule has 0 aliphatic heterocycles. The average Bonchev–Trinajstić information content (AvgIpc) is 2.30. The molecule has 0 amide bonds. The standard InChI is InChI=1S/C14H13FO/c1-2-5-14(16)12-8-9-13(15)11-7-4-3-6-10(11)12/h2-4,6-9,14,16H,1,5H2. The molecule has 1 nitrogen and oxygen atoms in total. The lowest BCUT2D eigenvalue weighted by molar-refractivity contribution is 0.183. The maximum absolute atomic E-state index is 13.5. The van der Waals surface area contributed by atoms with Gasteiger partial charge in [-0.15, -0.1) is 6.58 Å². The number of aliphatic hydroxyl groups excluding tert-OH is 1. The monoisotopic (exact) mass is 216 g/mol. The third-order valence-electron chi connectivity index (χ3n) is 2.65. The highest BCUT2D eigenvalue weighted by atomic mass is 19.1. The van der Waals surface area contributed by atoms with E-state index in [-0.39, 0.29) is 5.82 Å². The fraction of sp³-hybridized carbons (Fsp3) is 0.143. The maximum atomic E-state index is 13.5. The van der Waals surface area contributed by atoms with Crippen molar-refractivity contribution in [3.05, 3.63) is 60.4 Å². The molecule has 16 heavy (non-hydrogen) atoms. The zero-order valence-corrected chi connectivity index (χ0v) is 8.86. The minimum Gasteiger partial charge on any atom is -0.388 e. The Morgan fingerprint density at radius 3 is 2.56 bits per heavy atom. The van der Waals surface area contributed by atoms with Gasteiger partial charge in [0, 0.05) is 5.39 Å². The third kappa shape index (κ3) is 1.84. The van der Waals surface area contributed by atoms with Crippen molar-refractivity contribution >= 4 is 10.8 Å². The molecule has 1 unspecified atom stereocenters. The molecule has 82 valence electrons. The number of fused-ring (bicyclic) bond motifs is 1. The van der Waals surface area contributed by atoms with E-state index in [9.17, 15) is 9.50 Å². The highest BCUT2D eigenvalue weighted by molar-refractivity contribution is 5.86. The van der Waals surface area contributed by atoms with Gasteiger partial charge in [0.05, 0.1) is 6.10 Å². The smallest absolute Gasteiger partial charge is 0.131 e. The lowest BCUT2D eigenvalue weighted by Crippen LogP contribution is -1.97. The summed E-state index contributed by atoms with van der Waals surface area (Å²) in [6, 6.07) is 10.2. The van der Waals surface area contributed by atoms with Gasteiger partial charge in [-0.2, -0.15) is 0 Å². The normalized spacial score (nSPS) is 12.6. The highest BCUT2D eigenvalue weighted by Gasteiger charge is 2.11. The van der Waals surface area contributed by atoms with Crippen LogP contribution in [-0.2, 0) is 0 Å². The van der Waals surface area contributed by atoms with E-state index in [1.165, 1.54) is 6.07 Å². The summed E-state index contributed by atoms with van der Waals surface area (Å²) in [6.45, 7) is 3.59. The van der Waals surface area contributed by atoms with E-state index in [2.05, 4.69) is 6.58 Å². The fourth-order valence-electron chi connectivity index (χ4n) is 1.86. The predicted molar refractivity (Wildman–Crippen MR) is 63.7 cm³/mol. The molecule has 1 N–H and O–H groups in total. The van der Waals surface area contributed by atoms with Gasteiger partial charge in [0.25, 0.3) is 0 Å². The van der Waals surface area contributed by atoms with Crippen LogP contribution in [-0.4, -0.2) is 5.11 Å². The first-order valence-corrected chi connectivity index (χ1v) is 5.20. The van der Waals surface area contributed by atoms with E-state index in [0.29, 0.717) is 11.8 Å². The summed E-state index contributed by atoms with van der Waals surface area (Å²) in [5, 5.41) is 11.2. The van der Waals surface area contributed by atoms with Gasteiger partial charge < -0.3 is 5.11 Å². The van der Waals surface area contributed by atoms with Crippen LogP contribution in [0, 0.1) is 5.82 Å². The topological polar surface area (TPSA) is 20.2 Å². The van der Waals surface area contributed by atoms with Gasteiger partial charge in [-0.25, -0.2) is 4.39 Å². The first-order valence-electron chi connectivity index (χ1n) is 5.20. The van der Waals surface area contributed by atoms with E-state index in [1.807, 2.05) is 12.1 Å². The molecule has 1 atom stereocenters. The number of hydrogen-bond donors (Lipinski definition) is 1. The van der Waals surface area contributed by atoms with E-state index in [1.54, 1.807) is 24.3 Å². The first-order chi connectivity index (χ1) is 7.74. The van der Waals surface area contributed by atoms with Crippen LogP contribution >= 0.6 is 0 Å². The molecule has 0 radical (unpaired) electrons. The third-order valence-corrected chi connectivity index (χ3v) is 2.65. The van der Waals surface area contributed by atoms with E-state index in [4.69, 9.17) is 0 Å². The predicted octanol–water partition coefficient (Wildman–Crippen LogP) is 3.59. The Morgan fingerprint density at radius 2 is 1.88 bits per heavy atom. The van der Waals surface area contributed by atoms with Crippen LogP contribution in [0.15, 0.2) is 49.1 Å². The Balaban J connectivity index is 2.62. The molecule has 0 aliphatic rings.